The fourth-order valence-corrected chi connectivity index (χ4v) is 0.646. The van der Waals surface area contributed by atoms with Crippen LogP contribution in [0.25, 0.3) is 0 Å². The van der Waals surface area contributed by atoms with Gasteiger partial charge in [-0.25, -0.2) is 0 Å². The zero-order chi connectivity index (χ0) is 15.1. The molecule has 1 rings (SSSR count). The smallest absolute Gasteiger partial charge is 0.0312 e. The Balaban J connectivity index is -0.0000000482. The summed E-state index contributed by atoms with van der Waals surface area (Å²) in [6, 6.07) is 0. The van der Waals surface area contributed by atoms with Crippen LogP contribution in [-0.4, -0.2) is 11.7 Å². The number of aliphatic hydroxyl groups is 1. The molecule has 0 saturated heterocycles. The van der Waals surface area contributed by atoms with Gasteiger partial charge in [0.2, 0.25) is 0 Å². The molecule has 4 nitrogen and oxygen atoms in total. The van der Waals surface area contributed by atoms with Gasteiger partial charge in [-0.15, -0.1) is 0 Å². The average molecular weight is 430 g/mol. The minimum absolute atomic E-state index is 0. The molecular weight excluding hydrogens is 416 g/mol. The van der Waals surface area contributed by atoms with Crippen molar-refractivity contribution in [3.05, 3.63) is 58.5 Å². The Morgan fingerprint density at radius 3 is 1.32 bits per heavy atom. The van der Waals surface area contributed by atoms with Crippen LogP contribution in [0.1, 0.15) is 19.3 Å². The molecule has 0 unspecified atom stereocenters. The van der Waals surface area contributed by atoms with Crippen molar-refractivity contribution < 1.29 is 40.1 Å². The van der Waals surface area contributed by atoms with Crippen LogP contribution in [0.2, 0.25) is 0 Å². The monoisotopic (exact) mass is 430 g/mol. The van der Waals surface area contributed by atoms with Gasteiger partial charge in [-0.3, -0.25) is 0 Å². The second-order valence-corrected chi connectivity index (χ2v) is 2.32. The van der Waals surface area contributed by atoms with E-state index in [1.54, 1.807) is 0 Å². The molecule has 5 heteroatoms. The third-order valence-electron chi connectivity index (χ3n) is 1.27. The van der Waals surface area contributed by atoms with Crippen molar-refractivity contribution in [2.45, 2.75) is 19.3 Å². The zero-order valence-electron chi connectivity index (χ0n) is 10.3. The first-order chi connectivity index (χ1) is 8.91. The molecule has 0 aromatic heterocycles. The minimum Gasteiger partial charge on any atom is -0.0312 e. The molecular formula is C14H14O4W+. The van der Waals surface area contributed by atoms with Crippen LogP contribution < -0.4 is 0 Å². The number of hydrogen-bond donors (Lipinski definition) is 1. The van der Waals surface area contributed by atoms with Crippen LogP contribution in [0.3, 0.4) is 0 Å². The first-order valence-electron chi connectivity index (χ1n) is 4.70. The quantitative estimate of drug-likeness (QED) is 0.314. The van der Waals surface area contributed by atoms with Crippen LogP contribution >= 0.6 is 0 Å². The molecule has 0 bridgehead atoms. The third-order valence-corrected chi connectivity index (χ3v) is 1.27. The van der Waals surface area contributed by atoms with E-state index in [0.29, 0.717) is 6.42 Å². The number of hydrogen-bond acceptors (Lipinski definition) is 1. The Bertz CT molecular complexity index is 190. The molecule has 0 atom stereocenters. The van der Waals surface area contributed by atoms with Gasteiger partial charge in [0.25, 0.3) is 0 Å². The van der Waals surface area contributed by atoms with Crippen molar-refractivity contribution in [1.82, 2.24) is 0 Å². The predicted octanol–water partition coefficient (Wildman–Crippen LogP) is 1.65. The van der Waals surface area contributed by atoms with E-state index in [2.05, 4.69) is 25.9 Å². The fraction of sp³-hybridized carbons (Fsp3) is 0.286. The van der Waals surface area contributed by atoms with Gasteiger partial charge in [-0.2, -0.15) is 0 Å². The van der Waals surface area contributed by atoms with Crippen molar-refractivity contribution >= 4 is 0 Å². The van der Waals surface area contributed by atoms with Gasteiger partial charge in [0.15, 0.2) is 0 Å². The average Bonchev–Trinajstić information content (AvgIpc) is 3.05. The van der Waals surface area contributed by atoms with Crippen molar-refractivity contribution in [1.29, 1.82) is 0 Å². The minimum atomic E-state index is 0. The van der Waals surface area contributed by atoms with E-state index in [1.807, 2.05) is 32.1 Å². The third kappa shape index (κ3) is 58.4. The van der Waals surface area contributed by atoms with Crippen molar-refractivity contribution in [2.24, 2.45) is 0 Å². The maximum atomic E-state index is 8.20. The standard InChI is InChI=1S/C6H9O.C5H5.3CO.W/c1-2-3-4-5-6-7;1-2-4-5-3-1;3*1-2;/h7H,3-6H2;1-5H;;;;/q-1;;;;;+2. The Morgan fingerprint density at radius 1 is 0.789 bits per heavy atom. The summed E-state index contributed by atoms with van der Waals surface area (Å²) in [7, 11) is 0. The summed E-state index contributed by atoms with van der Waals surface area (Å²) >= 11 is 0. The van der Waals surface area contributed by atoms with E-state index < -0.39 is 0 Å². The summed E-state index contributed by atoms with van der Waals surface area (Å²) in [5.74, 6) is 2.24. The van der Waals surface area contributed by atoms with Crippen LogP contribution in [0.4, 0.5) is 0 Å². The van der Waals surface area contributed by atoms with Crippen LogP contribution in [0, 0.1) is 64.4 Å². The summed E-state index contributed by atoms with van der Waals surface area (Å²) in [5, 5.41) is 8.20. The molecule has 1 saturated carbocycles. The van der Waals surface area contributed by atoms with E-state index in [1.165, 1.54) is 0 Å². The molecule has 1 aliphatic carbocycles. The Kier molecular flexibility index (Phi) is 86.5. The summed E-state index contributed by atoms with van der Waals surface area (Å²) < 4.78 is 22.5. The summed E-state index contributed by atoms with van der Waals surface area (Å²) in [6.45, 7) is 13.7. The first-order valence-corrected chi connectivity index (χ1v) is 4.70. The Labute approximate surface area is 130 Å². The maximum absolute atomic E-state index is 8.20. The van der Waals surface area contributed by atoms with E-state index in [-0.39, 0.29) is 27.7 Å². The largest absolute Gasteiger partial charge is 2.00 e. The van der Waals surface area contributed by atoms with Gasteiger partial charge in [-0.1, -0.05) is 0 Å². The molecule has 1 N–H and O–H groups in total. The number of rotatable bonds is 3. The molecule has 0 aliphatic heterocycles. The first kappa shape index (κ1) is 31.0. The van der Waals surface area contributed by atoms with Gasteiger partial charge >= 0.3 is 55.0 Å². The molecule has 0 aromatic carbocycles. The van der Waals surface area contributed by atoms with Gasteiger partial charge in [0.1, 0.15) is 0 Å². The van der Waals surface area contributed by atoms with Crippen LogP contribution in [0.15, 0.2) is 0 Å². The van der Waals surface area contributed by atoms with E-state index in [4.69, 9.17) is 25.5 Å². The summed E-state index contributed by atoms with van der Waals surface area (Å²) in [5.41, 5.74) is 0. The van der Waals surface area contributed by atoms with Gasteiger partial charge < -0.3 is 17.5 Å². The molecule has 1 aliphatic rings. The predicted molar refractivity (Wildman–Crippen MR) is 61.4 cm³/mol. The fourth-order valence-electron chi connectivity index (χ4n) is 0.646. The van der Waals surface area contributed by atoms with E-state index >= 15 is 0 Å². The Hall–Kier alpha value is -0.572. The molecule has 5 radical (unpaired) electrons. The summed E-state index contributed by atoms with van der Waals surface area (Å²) in [4.78, 5) is 0. The molecule has 19 heavy (non-hydrogen) atoms. The van der Waals surface area contributed by atoms with Crippen LogP contribution in [0.5, 0.6) is 0 Å². The Morgan fingerprint density at radius 2 is 1.11 bits per heavy atom. The second-order valence-electron chi connectivity index (χ2n) is 2.32. The van der Waals surface area contributed by atoms with Crippen molar-refractivity contribution in [3.63, 3.8) is 0 Å². The molecule has 0 spiro atoms. The molecule has 0 amide bonds. The topological polar surface area (TPSA) is 79.9 Å². The summed E-state index contributed by atoms with van der Waals surface area (Å²) in [6.07, 6.45) is 18.8. The zero-order valence-corrected chi connectivity index (χ0v) is 13.2. The van der Waals surface area contributed by atoms with Gasteiger partial charge in [-0.05, 0) is 51.4 Å². The van der Waals surface area contributed by atoms with Crippen molar-refractivity contribution in [2.75, 3.05) is 6.61 Å². The number of unbranched alkanes of at least 4 members (excludes halogenated alkanes) is 2. The van der Waals surface area contributed by atoms with Crippen LogP contribution in [-0.2, 0) is 35.0 Å². The normalized spacial score (nSPS) is 9.58. The molecule has 0 aromatic rings. The van der Waals surface area contributed by atoms with E-state index in [9.17, 15) is 0 Å². The molecule has 0 heterocycles. The van der Waals surface area contributed by atoms with Gasteiger partial charge in [0.05, 0.1) is 0 Å². The second kappa shape index (κ2) is 52.9. The molecule has 99 valence electrons. The molecule has 1 fully saturated rings. The maximum Gasteiger partial charge on any atom is 2.00 e. The number of aliphatic hydroxyl groups excluding tert-OH is 1. The van der Waals surface area contributed by atoms with E-state index in [0.717, 1.165) is 12.8 Å². The van der Waals surface area contributed by atoms with Crippen molar-refractivity contribution in [3.8, 4) is 5.92 Å². The SMILES string of the molecule is [C-]#CCCCCO.[C-]#[O+].[C-]#[O+].[C-]#[O+].[CH]1[CH][CH][CH][CH]1.[W+2]. The van der Waals surface area contributed by atoms with Gasteiger partial charge in [0, 0.05) is 6.61 Å².